The van der Waals surface area contributed by atoms with Crippen molar-refractivity contribution in [2.75, 3.05) is 25.3 Å². The van der Waals surface area contributed by atoms with Crippen LogP contribution in [0.1, 0.15) is 63.1 Å². The van der Waals surface area contributed by atoms with Gasteiger partial charge in [-0.25, -0.2) is 0 Å². The summed E-state index contributed by atoms with van der Waals surface area (Å²) in [5, 5.41) is 3.70. The summed E-state index contributed by atoms with van der Waals surface area (Å²) >= 11 is 6.21. The minimum absolute atomic E-state index is 0.0648. The number of carbonyl (C=O) groups is 3. The number of rotatable bonds is 8. The smallest absolute Gasteiger partial charge is 0.412 e. The highest BCUT2D eigenvalue weighted by Crippen LogP contribution is 2.43. The van der Waals surface area contributed by atoms with Crippen molar-refractivity contribution >= 4 is 47.6 Å². The van der Waals surface area contributed by atoms with Crippen molar-refractivity contribution in [1.29, 1.82) is 0 Å². The molecule has 3 aromatic rings. The number of benzene rings is 3. The fourth-order valence-corrected chi connectivity index (χ4v) is 6.97. The van der Waals surface area contributed by atoms with Gasteiger partial charge in [-0.1, -0.05) is 42.5 Å². The Bertz CT molecular complexity index is 1530. The molecule has 218 valence electrons. The summed E-state index contributed by atoms with van der Waals surface area (Å²) < 4.78 is 10.3. The van der Waals surface area contributed by atoms with Gasteiger partial charge < -0.3 is 19.5 Å². The van der Waals surface area contributed by atoms with Crippen LogP contribution in [0.3, 0.4) is 0 Å². The highest BCUT2D eigenvalue weighted by molar-refractivity contribution is 6.78. The van der Waals surface area contributed by atoms with Gasteiger partial charge >= 0.3 is 18.9 Å². The van der Waals surface area contributed by atoms with Crippen molar-refractivity contribution < 1.29 is 23.9 Å². The maximum absolute atomic E-state index is 14.3. The number of halogens is 1. The summed E-state index contributed by atoms with van der Waals surface area (Å²) in [5.41, 5.74) is 6.84. The van der Waals surface area contributed by atoms with Crippen molar-refractivity contribution in [3.05, 3.63) is 93.5 Å². The Morgan fingerprint density at radius 2 is 1.57 bits per heavy atom. The molecule has 5 rings (SSSR count). The molecule has 9 heteroatoms. The number of para-hydroxylation sites is 1. The first-order valence-corrected chi connectivity index (χ1v) is 14.8. The summed E-state index contributed by atoms with van der Waals surface area (Å²) in [6.07, 6.45) is 1.79. The maximum atomic E-state index is 14.3. The maximum Gasteiger partial charge on any atom is 0.412 e. The zero-order valence-corrected chi connectivity index (χ0v) is 25.5. The fraction of sp³-hybridized carbons (Fsp3) is 0.364. The van der Waals surface area contributed by atoms with Gasteiger partial charge in [0.15, 0.2) is 5.41 Å². The molecule has 0 fully saturated rings. The number of carbonyl (C=O) groups excluding carboxylic acids is 3. The minimum atomic E-state index is -1.46. The number of ether oxygens (including phenoxy) is 2. The first-order chi connectivity index (χ1) is 20.2. The Balaban J connectivity index is 1.74. The van der Waals surface area contributed by atoms with Crippen molar-refractivity contribution in [3.63, 3.8) is 0 Å². The second kappa shape index (κ2) is 11.8. The molecular weight excluding hydrogens is 551 g/mol. The number of nitrogens with one attached hydrogen (secondary N) is 1. The lowest BCUT2D eigenvalue weighted by Crippen LogP contribution is -2.61. The molecule has 7 nitrogen and oxygen atoms in total. The number of amides is 1. The lowest BCUT2D eigenvalue weighted by molar-refractivity contribution is -0.168. The first-order valence-electron chi connectivity index (χ1n) is 14.3. The molecule has 0 spiro atoms. The predicted molar refractivity (Wildman–Crippen MR) is 165 cm³/mol. The summed E-state index contributed by atoms with van der Waals surface area (Å²) in [6.45, 7) is 5.62. The first kappa shape index (κ1) is 29.7. The molecule has 0 aromatic heterocycles. The van der Waals surface area contributed by atoms with E-state index < -0.39 is 24.3 Å². The van der Waals surface area contributed by atoms with Crippen LogP contribution in [0.2, 0.25) is 0 Å². The molecule has 1 atom stereocenters. The van der Waals surface area contributed by atoms with Gasteiger partial charge in [0, 0.05) is 30.5 Å². The molecule has 0 saturated heterocycles. The Labute approximate surface area is 252 Å². The second-order valence-electron chi connectivity index (χ2n) is 11.2. The average Bonchev–Trinajstić information content (AvgIpc) is 3.44. The van der Waals surface area contributed by atoms with Gasteiger partial charge in [0.25, 0.3) is 0 Å². The predicted octanol–water partition coefficient (Wildman–Crippen LogP) is 4.93. The van der Waals surface area contributed by atoms with Gasteiger partial charge in [0.05, 0.1) is 19.8 Å². The number of hydrogen-bond donors (Lipinski definition) is 1. The van der Waals surface area contributed by atoms with E-state index in [1.165, 1.54) is 14.2 Å². The van der Waals surface area contributed by atoms with Crippen LogP contribution >= 0.6 is 11.6 Å². The number of hydrogen-bond acceptors (Lipinski definition) is 6. The average molecular weight is 587 g/mol. The van der Waals surface area contributed by atoms with Crippen molar-refractivity contribution in [1.82, 2.24) is 4.81 Å². The number of nitrogens with zero attached hydrogens (tertiary/aromatic N) is 1. The lowest BCUT2D eigenvalue weighted by Gasteiger charge is -2.41. The van der Waals surface area contributed by atoms with E-state index >= 15 is 0 Å². The van der Waals surface area contributed by atoms with Gasteiger partial charge in [-0.2, -0.15) is 0 Å². The molecule has 1 N–H and O–H groups in total. The van der Waals surface area contributed by atoms with E-state index in [1.807, 2.05) is 80.2 Å². The molecule has 42 heavy (non-hydrogen) atoms. The molecule has 1 heterocycles. The molecule has 3 aromatic carbocycles. The van der Waals surface area contributed by atoms with Crippen molar-refractivity contribution in [2.45, 2.75) is 52.5 Å². The van der Waals surface area contributed by atoms with E-state index in [0.29, 0.717) is 17.9 Å². The molecule has 1 aliphatic carbocycles. The zero-order chi connectivity index (χ0) is 30.2. The molecule has 0 unspecified atom stereocenters. The normalized spacial score (nSPS) is 15.9. The molecule has 1 aliphatic heterocycles. The Kier molecular flexibility index (Phi) is 8.38. The van der Waals surface area contributed by atoms with Crippen LogP contribution in [0.15, 0.2) is 54.6 Å². The Morgan fingerprint density at radius 1 is 0.976 bits per heavy atom. The monoisotopic (exact) mass is 586 g/mol. The van der Waals surface area contributed by atoms with Crippen LogP contribution in [0.25, 0.3) is 0 Å². The molecule has 0 bridgehead atoms. The zero-order valence-electron chi connectivity index (χ0n) is 24.8. The van der Waals surface area contributed by atoms with Gasteiger partial charge in [-0.3, -0.25) is 14.4 Å². The van der Waals surface area contributed by atoms with E-state index in [9.17, 15) is 14.4 Å². The van der Waals surface area contributed by atoms with E-state index in [1.54, 1.807) is 0 Å². The second-order valence-corrected chi connectivity index (χ2v) is 11.6. The van der Waals surface area contributed by atoms with Crippen LogP contribution in [-0.2, 0) is 38.3 Å². The summed E-state index contributed by atoms with van der Waals surface area (Å²) in [4.78, 5) is 42.5. The highest BCUT2D eigenvalue weighted by atomic mass is 35.5. The lowest BCUT2D eigenvalue weighted by atomic mass is 9.57. The molecule has 0 radical (unpaired) electrons. The fourth-order valence-electron chi connectivity index (χ4n) is 6.84. The summed E-state index contributed by atoms with van der Waals surface area (Å²) in [7, 11) is 2.59. The van der Waals surface area contributed by atoms with Gasteiger partial charge in [-0.05, 0) is 84.6 Å². The summed E-state index contributed by atoms with van der Waals surface area (Å²) in [6, 6.07) is 17.3. The van der Waals surface area contributed by atoms with Crippen LogP contribution in [0, 0.1) is 19.3 Å². The molecule has 0 saturated carbocycles. The standard InChI is InChI=1S/C33H36BClN2O5/c1-20-24(15-11-17-35)29(21(2)27-19-33(18-26(20)27,31(39)41-4)32(40)42-5)34-36-28-16-10-9-14-25(28)30(38)37(34)22(3)23-12-7-6-8-13-23/h6-10,12-14,16,22,36H,11,15,17-19H2,1-5H3/t22-/m1/s1. The van der Waals surface area contributed by atoms with E-state index in [2.05, 4.69) is 5.23 Å². The van der Waals surface area contributed by atoms with Crippen molar-refractivity contribution in [2.24, 2.45) is 5.41 Å². The highest BCUT2D eigenvalue weighted by Gasteiger charge is 2.54. The van der Waals surface area contributed by atoms with Gasteiger partial charge in [-0.15, -0.1) is 11.6 Å². The minimum Gasteiger partial charge on any atom is -0.468 e. The number of methoxy groups -OCH3 is 2. The van der Waals surface area contributed by atoms with Crippen LogP contribution in [0.5, 0.6) is 0 Å². The Morgan fingerprint density at radius 3 is 2.19 bits per heavy atom. The summed E-state index contributed by atoms with van der Waals surface area (Å²) in [5.74, 6) is -0.794. The van der Waals surface area contributed by atoms with Crippen LogP contribution in [0.4, 0.5) is 5.69 Å². The van der Waals surface area contributed by atoms with E-state index in [-0.39, 0.29) is 24.8 Å². The number of fused-ring (bicyclic) bond motifs is 2. The van der Waals surface area contributed by atoms with Gasteiger partial charge in [0.2, 0.25) is 5.91 Å². The third-order valence-electron chi connectivity index (χ3n) is 9.06. The largest absolute Gasteiger partial charge is 0.468 e. The van der Waals surface area contributed by atoms with E-state index in [0.717, 1.165) is 51.0 Å². The van der Waals surface area contributed by atoms with Gasteiger partial charge in [0.1, 0.15) is 0 Å². The molecular formula is C33H36BClN2O5. The van der Waals surface area contributed by atoms with E-state index in [4.69, 9.17) is 21.1 Å². The SMILES string of the molecule is COC(=O)C1(C(=O)OC)Cc2c(C)c(CCCCl)c(B3Nc4ccccc4C(=O)N3[C@H](C)c3ccccc3)c(C)c2C1. The van der Waals surface area contributed by atoms with Crippen LogP contribution in [-0.4, -0.2) is 49.7 Å². The third kappa shape index (κ3) is 4.76. The number of alkyl halides is 1. The molecule has 1 amide bonds. The van der Waals surface area contributed by atoms with Crippen LogP contribution < -0.4 is 10.7 Å². The number of anilines is 1. The topological polar surface area (TPSA) is 84.9 Å². The molecule has 2 aliphatic rings. The van der Waals surface area contributed by atoms with Crippen molar-refractivity contribution in [3.8, 4) is 0 Å². The third-order valence-corrected chi connectivity index (χ3v) is 9.32. The number of esters is 2. The Hall–Kier alpha value is -3.78. The quantitative estimate of drug-likeness (QED) is 0.174.